The molecule has 1 saturated carbocycles. The molecule has 1 radical (unpaired) electrons. The van der Waals surface area contributed by atoms with E-state index in [2.05, 4.69) is 20.8 Å². The van der Waals surface area contributed by atoms with Gasteiger partial charge in [0, 0.05) is 0 Å². The van der Waals surface area contributed by atoms with Crippen molar-refractivity contribution in [3.05, 3.63) is 5.92 Å². The van der Waals surface area contributed by atoms with E-state index in [1.807, 2.05) is 0 Å². The maximum atomic E-state index is 2.38. The van der Waals surface area contributed by atoms with Crippen LogP contribution in [0.25, 0.3) is 0 Å². The molecule has 0 aromatic rings. The molecule has 1 atom stereocenters. The zero-order valence-corrected chi connectivity index (χ0v) is 8.90. The highest BCUT2D eigenvalue weighted by molar-refractivity contribution is 4.95. The van der Waals surface area contributed by atoms with Gasteiger partial charge in [0.1, 0.15) is 0 Å². The molecule has 0 saturated heterocycles. The monoisotopic (exact) mass is 167 g/mol. The second-order valence-electron chi connectivity index (χ2n) is 4.55. The van der Waals surface area contributed by atoms with Gasteiger partial charge < -0.3 is 0 Å². The molecule has 12 heavy (non-hydrogen) atoms. The van der Waals surface area contributed by atoms with Gasteiger partial charge in [-0.1, -0.05) is 40.0 Å². The first-order chi connectivity index (χ1) is 5.74. The number of hydrogen-bond donors (Lipinski definition) is 0. The maximum Gasteiger partial charge on any atom is -0.0238 e. The zero-order valence-electron chi connectivity index (χ0n) is 8.90. The molecular weight excluding hydrogens is 144 g/mol. The second kappa shape index (κ2) is 4.89. The van der Waals surface area contributed by atoms with E-state index >= 15 is 0 Å². The molecule has 1 fully saturated rings. The Bertz CT molecular complexity index is 111. The summed E-state index contributed by atoms with van der Waals surface area (Å²) in [6.45, 7) is 7.05. The Morgan fingerprint density at radius 3 is 2.42 bits per heavy atom. The number of rotatable bonds is 4. The minimum atomic E-state index is 0.908. The number of hydrogen-bond acceptors (Lipinski definition) is 0. The zero-order chi connectivity index (χ0) is 8.97. The molecule has 0 nitrogen and oxygen atoms in total. The molecule has 0 spiro atoms. The molecule has 0 bridgehead atoms. The lowest BCUT2D eigenvalue weighted by molar-refractivity contribution is 0.447. The van der Waals surface area contributed by atoms with Gasteiger partial charge in [0.05, 0.1) is 0 Å². The van der Waals surface area contributed by atoms with E-state index in [1.165, 1.54) is 38.5 Å². The Morgan fingerprint density at radius 2 is 1.92 bits per heavy atom. The van der Waals surface area contributed by atoms with Gasteiger partial charge in [0.25, 0.3) is 0 Å². The lowest BCUT2D eigenvalue weighted by Crippen LogP contribution is -2.09. The molecule has 1 aliphatic carbocycles. The van der Waals surface area contributed by atoms with Gasteiger partial charge in [-0.2, -0.15) is 0 Å². The molecule has 0 heterocycles. The molecule has 0 aromatic carbocycles. The third kappa shape index (κ3) is 2.80. The first kappa shape index (κ1) is 10.1. The highest BCUT2D eigenvalue weighted by Crippen LogP contribution is 2.35. The van der Waals surface area contributed by atoms with Crippen LogP contribution < -0.4 is 0 Å². The summed E-state index contributed by atoms with van der Waals surface area (Å²) in [5, 5.41) is 0. The van der Waals surface area contributed by atoms with Gasteiger partial charge >= 0.3 is 0 Å². The molecule has 1 unspecified atom stereocenters. The summed E-state index contributed by atoms with van der Waals surface area (Å²) in [5.41, 5.74) is 0. The molecule has 0 aromatic heterocycles. The predicted octanol–water partition coefficient (Wildman–Crippen LogP) is 4.21. The topological polar surface area (TPSA) is 0 Å². The predicted molar refractivity (Wildman–Crippen MR) is 54.9 cm³/mol. The summed E-state index contributed by atoms with van der Waals surface area (Å²) < 4.78 is 0. The van der Waals surface area contributed by atoms with Gasteiger partial charge in [-0.3, -0.25) is 0 Å². The summed E-state index contributed by atoms with van der Waals surface area (Å²) in [5.74, 6) is 3.67. The van der Waals surface area contributed by atoms with Crippen molar-refractivity contribution in [3.8, 4) is 0 Å². The molecule has 1 rings (SSSR count). The van der Waals surface area contributed by atoms with E-state index in [-0.39, 0.29) is 0 Å². The Balaban J connectivity index is 2.21. The van der Waals surface area contributed by atoms with Crippen LogP contribution in [0, 0.1) is 17.8 Å². The molecule has 0 aliphatic heterocycles. The third-order valence-electron chi connectivity index (χ3n) is 3.42. The fourth-order valence-corrected chi connectivity index (χ4v) is 2.28. The Hall–Kier alpha value is 0. The fourth-order valence-electron chi connectivity index (χ4n) is 2.28. The third-order valence-corrected chi connectivity index (χ3v) is 3.42. The van der Waals surface area contributed by atoms with Gasteiger partial charge in [-0.05, 0) is 37.0 Å². The molecule has 0 amide bonds. The van der Waals surface area contributed by atoms with Crippen LogP contribution in [0.1, 0.15) is 59.3 Å². The summed E-state index contributed by atoms with van der Waals surface area (Å²) >= 11 is 0. The van der Waals surface area contributed by atoms with Crippen molar-refractivity contribution < 1.29 is 0 Å². The molecular formula is C12H23. The van der Waals surface area contributed by atoms with E-state index in [0.717, 1.165) is 11.8 Å². The van der Waals surface area contributed by atoms with Crippen molar-refractivity contribution in [1.29, 1.82) is 0 Å². The Morgan fingerprint density at radius 1 is 1.33 bits per heavy atom. The minimum Gasteiger partial charge on any atom is -0.0651 e. The average molecular weight is 167 g/mol. The summed E-state index contributed by atoms with van der Waals surface area (Å²) in [6.07, 6.45) is 8.61. The Kier molecular flexibility index (Phi) is 4.11. The highest BCUT2D eigenvalue weighted by atomic mass is 14.3. The van der Waals surface area contributed by atoms with E-state index in [4.69, 9.17) is 0 Å². The van der Waals surface area contributed by atoms with Crippen LogP contribution in [0.5, 0.6) is 0 Å². The normalized spacial score (nSPS) is 22.0. The van der Waals surface area contributed by atoms with Crippen LogP contribution in [0.15, 0.2) is 0 Å². The van der Waals surface area contributed by atoms with Crippen molar-refractivity contribution in [2.75, 3.05) is 0 Å². The van der Waals surface area contributed by atoms with Crippen LogP contribution >= 0.6 is 0 Å². The largest absolute Gasteiger partial charge is 0.0651 e. The van der Waals surface area contributed by atoms with Gasteiger partial charge in [0.2, 0.25) is 0 Å². The standard InChI is InChI=1S/C12H23/c1-4-10(2)9-11(3)12-7-5-6-8-12/h10,12H,4-9H2,1-3H3. The average Bonchev–Trinajstić information content (AvgIpc) is 2.56. The lowest BCUT2D eigenvalue weighted by Gasteiger charge is -2.21. The smallest absolute Gasteiger partial charge is 0.0238 e. The van der Waals surface area contributed by atoms with E-state index < -0.39 is 0 Å². The van der Waals surface area contributed by atoms with E-state index in [9.17, 15) is 0 Å². The molecule has 0 heteroatoms. The van der Waals surface area contributed by atoms with Crippen molar-refractivity contribution in [2.45, 2.75) is 59.3 Å². The first-order valence-electron chi connectivity index (χ1n) is 5.56. The summed E-state index contributed by atoms with van der Waals surface area (Å²) in [4.78, 5) is 0. The van der Waals surface area contributed by atoms with Crippen LogP contribution in [-0.4, -0.2) is 0 Å². The van der Waals surface area contributed by atoms with Crippen LogP contribution in [0.2, 0.25) is 0 Å². The van der Waals surface area contributed by atoms with E-state index in [1.54, 1.807) is 5.92 Å². The second-order valence-corrected chi connectivity index (χ2v) is 4.55. The SMILES string of the molecule is CCC(C)C[C](C)C1CCCC1. The minimum absolute atomic E-state index is 0.908. The van der Waals surface area contributed by atoms with Crippen molar-refractivity contribution in [3.63, 3.8) is 0 Å². The quantitative estimate of drug-likeness (QED) is 0.588. The highest BCUT2D eigenvalue weighted by Gasteiger charge is 2.22. The van der Waals surface area contributed by atoms with Crippen molar-refractivity contribution >= 4 is 0 Å². The van der Waals surface area contributed by atoms with Crippen molar-refractivity contribution in [2.24, 2.45) is 11.8 Å². The van der Waals surface area contributed by atoms with Crippen molar-refractivity contribution in [1.82, 2.24) is 0 Å². The van der Waals surface area contributed by atoms with Crippen LogP contribution in [-0.2, 0) is 0 Å². The first-order valence-corrected chi connectivity index (χ1v) is 5.56. The molecule has 1 aliphatic rings. The van der Waals surface area contributed by atoms with Gasteiger partial charge in [-0.15, -0.1) is 0 Å². The Labute approximate surface area is 77.7 Å². The summed E-state index contributed by atoms with van der Waals surface area (Å²) in [6, 6.07) is 0. The van der Waals surface area contributed by atoms with E-state index in [0.29, 0.717) is 0 Å². The molecule has 0 N–H and O–H groups in total. The van der Waals surface area contributed by atoms with Crippen LogP contribution in [0.3, 0.4) is 0 Å². The lowest BCUT2D eigenvalue weighted by atomic mass is 9.85. The maximum absolute atomic E-state index is 2.38. The van der Waals surface area contributed by atoms with Gasteiger partial charge in [-0.25, -0.2) is 0 Å². The summed E-state index contributed by atoms with van der Waals surface area (Å²) in [7, 11) is 0. The fraction of sp³-hybridized carbons (Fsp3) is 0.917. The van der Waals surface area contributed by atoms with Gasteiger partial charge in [0.15, 0.2) is 0 Å². The molecule has 71 valence electrons. The van der Waals surface area contributed by atoms with Crippen LogP contribution in [0.4, 0.5) is 0 Å².